The zero-order chi connectivity index (χ0) is 17.5. The van der Waals surface area contributed by atoms with Gasteiger partial charge >= 0.3 is 0 Å². The predicted molar refractivity (Wildman–Crippen MR) is 92.9 cm³/mol. The molecule has 0 aliphatic heterocycles. The molecule has 2 rings (SSSR count). The van der Waals surface area contributed by atoms with Crippen molar-refractivity contribution in [3.63, 3.8) is 0 Å². The molecule has 124 valence electrons. The van der Waals surface area contributed by atoms with Crippen LogP contribution >= 0.6 is 0 Å². The number of furan rings is 1. The largest absolute Gasteiger partial charge is 0.494 e. The molecule has 0 fully saturated rings. The Morgan fingerprint density at radius 2 is 2.00 bits per heavy atom. The number of hydrogen-bond acceptors (Lipinski definition) is 5. The predicted octanol–water partition coefficient (Wildman–Crippen LogP) is 3.29. The van der Waals surface area contributed by atoms with Crippen LogP contribution in [-0.4, -0.2) is 26.6 Å². The van der Waals surface area contributed by atoms with Crippen molar-refractivity contribution in [1.29, 1.82) is 5.26 Å². The molecule has 0 aliphatic carbocycles. The van der Waals surface area contributed by atoms with Crippen molar-refractivity contribution in [3.05, 3.63) is 47.7 Å². The second-order valence-corrected chi connectivity index (χ2v) is 5.15. The van der Waals surface area contributed by atoms with Crippen LogP contribution in [0.25, 0.3) is 6.08 Å². The van der Waals surface area contributed by atoms with Crippen LogP contribution in [0.4, 0.5) is 11.6 Å². The lowest BCUT2D eigenvalue weighted by Crippen LogP contribution is -2.13. The lowest BCUT2D eigenvalue weighted by atomic mass is 10.2. The fourth-order valence-corrected chi connectivity index (χ4v) is 1.95. The highest BCUT2D eigenvalue weighted by molar-refractivity contribution is 6.09. The molecule has 0 saturated heterocycles. The van der Waals surface area contributed by atoms with Crippen molar-refractivity contribution in [2.24, 2.45) is 0 Å². The van der Waals surface area contributed by atoms with Crippen molar-refractivity contribution in [1.82, 2.24) is 0 Å². The molecule has 2 aromatic rings. The van der Waals surface area contributed by atoms with E-state index in [1.165, 1.54) is 6.08 Å². The van der Waals surface area contributed by atoms with Gasteiger partial charge in [0.15, 0.2) is 5.88 Å². The Hall–Kier alpha value is -3.20. The number of ether oxygens (including phenoxy) is 1. The fraction of sp³-hybridized carbons (Fsp3) is 0.222. The van der Waals surface area contributed by atoms with Crippen LogP contribution < -0.4 is 15.0 Å². The van der Waals surface area contributed by atoms with Gasteiger partial charge in [-0.2, -0.15) is 5.26 Å². The third kappa shape index (κ3) is 4.40. The summed E-state index contributed by atoms with van der Waals surface area (Å²) >= 11 is 0. The van der Waals surface area contributed by atoms with E-state index in [1.54, 1.807) is 41.3 Å². The number of nitrogens with zero attached hydrogens (tertiary/aromatic N) is 2. The van der Waals surface area contributed by atoms with Gasteiger partial charge in [-0.3, -0.25) is 4.79 Å². The first-order valence-electron chi connectivity index (χ1n) is 7.46. The highest BCUT2D eigenvalue weighted by Crippen LogP contribution is 2.20. The normalized spacial score (nSPS) is 10.8. The van der Waals surface area contributed by atoms with Crippen LogP contribution in [0.2, 0.25) is 0 Å². The Kier molecular flexibility index (Phi) is 5.63. The summed E-state index contributed by atoms with van der Waals surface area (Å²) in [6, 6.07) is 12.3. The monoisotopic (exact) mass is 325 g/mol. The first-order chi connectivity index (χ1) is 11.5. The van der Waals surface area contributed by atoms with Crippen LogP contribution in [0.5, 0.6) is 5.75 Å². The van der Waals surface area contributed by atoms with E-state index in [0.717, 1.165) is 5.75 Å². The van der Waals surface area contributed by atoms with Gasteiger partial charge in [-0.15, -0.1) is 0 Å². The van der Waals surface area contributed by atoms with Crippen LogP contribution in [0.15, 0.2) is 46.4 Å². The second-order valence-electron chi connectivity index (χ2n) is 5.15. The quantitative estimate of drug-likeness (QED) is 0.651. The number of amides is 1. The Morgan fingerprint density at radius 1 is 1.29 bits per heavy atom. The molecule has 24 heavy (non-hydrogen) atoms. The molecule has 0 atom stereocenters. The summed E-state index contributed by atoms with van der Waals surface area (Å²) in [7, 11) is 3.69. The molecule has 6 heteroatoms. The Labute approximate surface area is 140 Å². The Bertz CT molecular complexity index is 768. The number of carbonyl (C=O) groups excluding carboxylic acids is 1. The molecule has 0 spiro atoms. The highest BCUT2D eigenvalue weighted by atomic mass is 16.5. The van der Waals surface area contributed by atoms with E-state index in [-0.39, 0.29) is 5.57 Å². The summed E-state index contributed by atoms with van der Waals surface area (Å²) < 4.78 is 10.9. The van der Waals surface area contributed by atoms with E-state index in [4.69, 9.17) is 9.15 Å². The molecule has 1 aromatic heterocycles. The zero-order valence-corrected chi connectivity index (χ0v) is 13.9. The maximum atomic E-state index is 12.2. The first kappa shape index (κ1) is 17.2. The van der Waals surface area contributed by atoms with E-state index in [1.807, 2.05) is 27.1 Å². The average Bonchev–Trinajstić information content (AvgIpc) is 3.03. The molecule has 1 heterocycles. The number of hydrogen-bond donors (Lipinski definition) is 1. The number of anilines is 2. The van der Waals surface area contributed by atoms with Crippen LogP contribution in [-0.2, 0) is 4.79 Å². The Balaban J connectivity index is 2.10. The SMILES string of the molecule is CCOc1ccc(NC(=O)C(C#N)=Cc2ccc(N(C)C)o2)cc1. The van der Waals surface area contributed by atoms with Gasteiger partial charge in [0.1, 0.15) is 23.2 Å². The standard InChI is InChI=1S/C18H19N3O3/c1-4-23-15-7-5-14(6-8-15)20-18(22)13(12-19)11-16-9-10-17(24-16)21(2)3/h5-11H,4H2,1-3H3,(H,20,22). The van der Waals surface area contributed by atoms with E-state index < -0.39 is 5.91 Å². The molecular weight excluding hydrogens is 306 g/mol. The summed E-state index contributed by atoms with van der Waals surface area (Å²) in [6.45, 7) is 2.47. The van der Waals surface area contributed by atoms with Crippen LogP contribution in [0.1, 0.15) is 12.7 Å². The van der Waals surface area contributed by atoms with Crippen molar-refractivity contribution in [3.8, 4) is 11.8 Å². The zero-order valence-electron chi connectivity index (χ0n) is 13.9. The van der Waals surface area contributed by atoms with Gasteiger partial charge in [0.05, 0.1) is 6.61 Å². The second kappa shape index (κ2) is 7.88. The van der Waals surface area contributed by atoms with Crippen molar-refractivity contribution >= 4 is 23.6 Å². The number of carbonyl (C=O) groups is 1. The summed E-state index contributed by atoms with van der Waals surface area (Å²) in [5, 5.41) is 11.9. The third-order valence-electron chi connectivity index (χ3n) is 3.13. The third-order valence-corrected chi connectivity index (χ3v) is 3.13. The molecule has 0 bridgehead atoms. The molecule has 1 aromatic carbocycles. The van der Waals surface area contributed by atoms with E-state index in [9.17, 15) is 10.1 Å². The van der Waals surface area contributed by atoms with Gasteiger partial charge in [-0.05, 0) is 37.3 Å². The minimum atomic E-state index is -0.496. The lowest BCUT2D eigenvalue weighted by Gasteiger charge is -2.07. The number of nitriles is 1. The van der Waals surface area contributed by atoms with Crippen LogP contribution in [0, 0.1) is 11.3 Å². The topological polar surface area (TPSA) is 78.5 Å². The van der Waals surface area contributed by atoms with E-state index in [0.29, 0.717) is 23.9 Å². The van der Waals surface area contributed by atoms with Crippen molar-refractivity contribution < 1.29 is 13.9 Å². The smallest absolute Gasteiger partial charge is 0.266 e. The maximum Gasteiger partial charge on any atom is 0.266 e. The van der Waals surface area contributed by atoms with Crippen molar-refractivity contribution in [2.45, 2.75) is 6.92 Å². The summed E-state index contributed by atoms with van der Waals surface area (Å²) in [5.74, 6) is 1.31. The molecule has 0 aliphatic rings. The fourth-order valence-electron chi connectivity index (χ4n) is 1.95. The first-order valence-corrected chi connectivity index (χ1v) is 7.46. The van der Waals surface area contributed by atoms with E-state index in [2.05, 4.69) is 5.32 Å². The Morgan fingerprint density at radius 3 is 2.54 bits per heavy atom. The number of benzene rings is 1. The van der Waals surface area contributed by atoms with E-state index >= 15 is 0 Å². The highest BCUT2D eigenvalue weighted by Gasteiger charge is 2.11. The van der Waals surface area contributed by atoms with Gasteiger partial charge in [-0.1, -0.05) is 0 Å². The number of rotatable bonds is 6. The molecule has 1 N–H and O–H groups in total. The minimum absolute atomic E-state index is 0.0384. The van der Waals surface area contributed by atoms with Gasteiger partial charge in [0.2, 0.25) is 0 Å². The number of nitrogens with one attached hydrogen (secondary N) is 1. The molecule has 0 saturated carbocycles. The van der Waals surface area contributed by atoms with Crippen molar-refractivity contribution in [2.75, 3.05) is 30.9 Å². The summed E-state index contributed by atoms with van der Waals surface area (Å²) in [6.07, 6.45) is 1.41. The maximum absolute atomic E-state index is 12.2. The minimum Gasteiger partial charge on any atom is -0.494 e. The lowest BCUT2D eigenvalue weighted by molar-refractivity contribution is -0.112. The van der Waals surface area contributed by atoms with Crippen LogP contribution in [0.3, 0.4) is 0 Å². The molecule has 0 unspecified atom stereocenters. The molecule has 1 amide bonds. The van der Waals surface area contributed by atoms with Gasteiger partial charge < -0.3 is 19.4 Å². The molecule has 0 radical (unpaired) electrons. The summed E-state index contributed by atoms with van der Waals surface area (Å²) in [4.78, 5) is 14.0. The van der Waals surface area contributed by atoms with Gasteiger partial charge in [0, 0.05) is 31.9 Å². The van der Waals surface area contributed by atoms with Gasteiger partial charge in [0.25, 0.3) is 5.91 Å². The van der Waals surface area contributed by atoms with Gasteiger partial charge in [-0.25, -0.2) is 0 Å². The molecular formula is C18H19N3O3. The summed E-state index contributed by atoms with van der Waals surface area (Å²) in [5.41, 5.74) is 0.543. The average molecular weight is 325 g/mol. The molecule has 6 nitrogen and oxygen atoms in total.